The van der Waals surface area contributed by atoms with Crippen molar-refractivity contribution in [3.63, 3.8) is 0 Å². The number of aryl methyl sites for hydroxylation is 1. The van der Waals surface area contributed by atoms with Crippen LogP contribution in [-0.2, 0) is 6.54 Å². The lowest BCUT2D eigenvalue weighted by atomic mass is 10.2. The first-order valence-electron chi connectivity index (χ1n) is 8.18. The number of halogens is 1. The molecule has 1 aliphatic rings. The van der Waals surface area contributed by atoms with Crippen molar-refractivity contribution in [1.29, 1.82) is 0 Å². The lowest BCUT2D eigenvalue weighted by Gasteiger charge is -2.24. The molecule has 0 aliphatic carbocycles. The molecule has 2 aromatic rings. The van der Waals surface area contributed by atoms with Gasteiger partial charge in [0.1, 0.15) is 0 Å². The summed E-state index contributed by atoms with van der Waals surface area (Å²) in [5.41, 5.74) is 1.37. The van der Waals surface area contributed by atoms with E-state index in [9.17, 15) is 4.79 Å². The molecule has 1 saturated heterocycles. The number of nitrogens with zero attached hydrogens (tertiary/aromatic N) is 4. The predicted molar refractivity (Wildman–Crippen MR) is 91.4 cm³/mol. The highest BCUT2D eigenvalue weighted by atomic mass is 35.5. The number of aromatic nitrogens is 3. The third-order valence-corrected chi connectivity index (χ3v) is 4.42. The second-order valence-electron chi connectivity index (χ2n) is 5.95. The number of rotatable bonds is 5. The van der Waals surface area contributed by atoms with Crippen molar-refractivity contribution >= 4 is 17.5 Å². The highest BCUT2D eigenvalue weighted by Crippen LogP contribution is 2.25. The van der Waals surface area contributed by atoms with Crippen LogP contribution in [0.1, 0.15) is 35.8 Å². The van der Waals surface area contributed by atoms with Crippen LogP contribution in [0.2, 0.25) is 5.02 Å². The van der Waals surface area contributed by atoms with Crippen LogP contribution in [0.5, 0.6) is 5.88 Å². The Hall–Kier alpha value is -2.08. The average Bonchev–Trinajstić information content (AvgIpc) is 3.18. The second-order valence-corrected chi connectivity index (χ2v) is 6.35. The Labute approximate surface area is 146 Å². The molecule has 0 unspecified atom stereocenters. The van der Waals surface area contributed by atoms with E-state index in [-0.39, 0.29) is 17.6 Å². The topological polar surface area (TPSA) is 60.2 Å². The summed E-state index contributed by atoms with van der Waals surface area (Å²) in [6.45, 7) is 5.76. The lowest BCUT2D eigenvalue weighted by Crippen LogP contribution is -2.38. The number of ether oxygens (including phenoxy) is 1. The fraction of sp³-hybridized carbons (Fsp3) is 0.471. The van der Waals surface area contributed by atoms with Gasteiger partial charge >= 0.3 is 0 Å². The molecule has 1 amide bonds. The Morgan fingerprint density at radius 1 is 1.46 bits per heavy atom. The number of hydrogen-bond donors (Lipinski definition) is 0. The van der Waals surface area contributed by atoms with Gasteiger partial charge in [0.05, 0.1) is 30.4 Å². The molecule has 0 radical (unpaired) electrons. The molecular weight excluding hydrogens is 328 g/mol. The van der Waals surface area contributed by atoms with E-state index in [2.05, 4.69) is 10.1 Å². The molecule has 7 heteroatoms. The van der Waals surface area contributed by atoms with E-state index in [0.29, 0.717) is 30.6 Å². The molecule has 0 N–H and O–H groups in total. The average molecular weight is 349 g/mol. The first-order valence-corrected chi connectivity index (χ1v) is 8.55. The van der Waals surface area contributed by atoms with E-state index in [4.69, 9.17) is 16.3 Å². The minimum Gasteiger partial charge on any atom is -0.478 e. The molecule has 1 fully saturated rings. The van der Waals surface area contributed by atoms with E-state index >= 15 is 0 Å². The van der Waals surface area contributed by atoms with Gasteiger partial charge < -0.3 is 9.64 Å². The van der Waals surface area contributed by atoms with Crippen LogP contribution < -0.4 is 4.74 Å². The zero-order chi connectivity index (χ0) is 17.1. The highest BCUT2D eigenvalue weighted by Gasteiger charge is 2.31. The van der Waals surface area contributed by atoms with Crippen molar-refractivity contribution < 1.29 is 9.53 Å². The minimum absolute atomic E-state index is 0.102. The van der Waals surface area contributed by atoms with Crippen molar-refractivity contribution in [2.45, 2.75) is 39.3 Å². The second kappa shape index (κ2) is 7.21. The smallest absolute Gasteiger partial charge is 0.274 e. The summed E-state index contributed by atoms with van der Waals surface area (Å²) in [6, 6.07) is 3.44. The van der Waals surface area contributed by atoms with Gasteiger partial charge in [-0.15, -0.1) is 0 Å². The highest BCUT2D eigenvalue weighted by molar-refractivity contribution is 6.33. The molecule has 0 aromatic carbocycles. The van der Waals surface area contributed by atoms with Gasteiger partial charge in [-0.1, -0.05) is 11.6 Å². The van der Waals surface area contributed by atoms with Crippen molar-refractivity contribution in [3.8, 4) is 5.88 Å². The molecule has 0 bridgehead atoms. The number of hydrogen-bond acceptors (Lipinski definition) is 4. The molecule has 24 heavy (non-hydrogen) atoms. The molecule has 128 valence electrons. The first kappa shape index (κ1) is 16.8. The summed E-state index contributed by atoms with van der Waals surface area (Å²) in [6.07, 6.45) is 5.74. The van der Waals surface area contributed by atoms with Crippen molar-refractivity contribution in [2.75, 3.05) is 13.2 Å². The van der Waals surface area contributed by atoms with E-state index in [0.717, 1.165) is 18.4 Å². The van der Waals surface area contributed by atoms with E-state index in [1.54, 1.807) is 12.1 Å². The van der Waals surface area contributed by atoms with Crippen LogP contribution in [0.3, 0.4) is 0 Å². The fourth-order valence-corrected chi connectivity index (χ4v) is 3.20. The maximum Gasteiger partial charge on any atom is 0.274 e. The van der Waals surface area contributed by atoms with Crippen LogP contribution in [-0.4, -0.2) is 44.8 Å². The predicted octanol–water partition coefficient (Wildman–Crippen LogP) is 2.94. The van der Waals surface area contributed by atoms with Crippen molar-refractivity contribution in [3.05, 3.63) is 40.8 Å². The normalized spacial score (nSPS) is 17.3. The maximum atomic E-state index is 12.9. The van der Waals surface area contributed by atoms with Gasteiger partial charge in [-0.05, 0) is 38.3 Å². The van der Waals surface area contributed by atoms with Gasteiger partial charge in [0.25, 0.3) is 5.91 Å². The summed E-state index contributed by atoms with van der Waals surface area (Å²) in [4.78, 5) is 19.1. The Morgan fingerprint density at radius 3 is 3.00 bits per heavy atom. The van der Waals surface area contributed by atoms with E-state index < -0.39 is 0 Å². The Balaban J connectivity index is 1.79. The zero-order valence-electron chi connectivity index (χ0n) is 13.9. The van der Waals surface area contributed by atoms with Crippen LogP contribution >= 0.6 is 11.6 Å². The number of likely N-dealkylation sites (tertiary alicyclic amines) is 1. The summed E-state index contributed by atoms with van der Waals surface area (Å²) in [7, 11) is 0. The molecule has 0 spiro atoms. The molecule has 1 atom stereocenters. The third kappa shape index (κ3) is 3.53. The standard InChI is InChI=1S/C17H21ClN4O2/c1-3-24-15-7-6-14(18)16(20-15)17(23)22-8-4-5-13(22)11-21-10-12(2)9-19-21/h6-7,9-10,13H,3-5,8,11H2,1-2H3/t13-/m0/s1. The molecule has 1 aliphatic heterocycles. The summed E-state index contributed by atoms with van der Waals surface area (Å²) in [5, 5.41) is 4.67. The quantitative estimate of drug-likeness (QED) is 0.833. The summed E-state index contributed by atoms with van der Waals surface area (Å²) < 4.78 is 7.27. The molecular formula is C17H21ClN4O2. The maximum absolute atomic E-state index is 12.9. The van der Waals surface area contributed by atoms with Gasteiger partial charge in [0, 0.05) is 18.8 Å². The molecule has 2 aromatic heterocycles. The van der Waals surface area contributed by atoms with E-state index in [1.165, 1.54) is 0 Å². The van der Waals surface area contributed by atoms with Crippen LogP contribution in [0, 0.1) is 6.92 Å². The van der Waals surface area contributed by atoms with Gasteiger partial charge in [-0.2, -0.15) is 5.10 Å². The van der Waals surface area contributed by atoms with Crippen LogP contribution in [0.25, 0.3) is 0 Å². The SMILES string of the molecule is CCOc1ccc(Cl)c(C(=O)N2CCC[C@H]2Cn2cc(C)cn2)n1. The van der Waals surface area contributed by atoms with Gasteiger partial charge in [0.2, 0.25) is 5.88 Å². The number of carbonyl (C=O) groups excluding carboxylic acids is 1. The molecule has 6 nitrogen and oxygen atoms in total. The summed E-state index contributed by atoms with van der Waals surface area (Å²) in [5.74, 6) is 0.275. The number of amides is 1. The number of pyridine rings is 1. The first-order chi connectivity index (χ1) is 11.6. The molecule has 0 saturated carbocycles. The van der Waals surface area contributed by atoms with Crippen LogP contribution in [0.4, 0.5) is 0 Å². The Kier molecular flexibility index (Phi) is 5.04. The van der Waals surface area contributed by atoms with Crippen LogP contribution in [0.15, 0.2) is 24.5 Å². The van der Waals surface area contributed by atoms with E-state index in [1.807, 2.05) is 35.8 Å². The minimum atomic E-state index is -0.145. The molecule has 3 heterocycles. The lowest BCUT2D eigenvalue weighted by molar-refractivity contribution is 0.0714. The molecule has 3 rings (SSSR count). The van der Waals surface area contributed by atoms with Gasteiger partial charge in [-0.3, -0.25) is 9.48 Å². The third-order valence-electron chi connectivity index (χ3n) is 4.11. The fourth-order valence-electron chi connectivity index (χ4n) is 3.01. The van der Waals surface area contributed by atoms with Crippen molar-refractivity contribution in [2.24, 2.45) is 0 Å². The zero-order valence-corrected chi connectivity index (χ0v) is 14.7. The van der Waals surface area contributed by atoms with Gasteiger partial charge in [-0.25, -0.2) is 4.98 Å². The number of carbonyl (C=O) groups is 1. The van der Waals surface area contributed by atoms with Gasteiger partial charge in [0.15, 0.2) is 5.69 Å². The summed E-state index contributed by atoms with van der Waals surface area (Å²) >= 11 is 6.20. The monoisotopic (exact) mass is 348 g/mol. The Morgan fingerprint density at radius 2 is 2.29 bits per heavy atom. The largest absolute Gasteiger partial charge is 0.478 e. The van der Waals surface area contributed by atoms with Crippen molar-refractivity contribution in [1.82, 2.24) is 19.7 Å². The Bertz CT molecular complexity index is 731.